The van der Waals surface area contributed by atoms with Crippen LogP contribution in [-0.2, 0) is 6.42 Å². The maximum Gasteiger partial charge on any atom is 0.131 e. The zero-order chi connectivity index (χ0) is 25.6. The van der Waals surface area contributed by atoms with Gasteiger partial charge in [-0.2, -0.15) is 10.2 Å². The molecule has 0 amide bonds. The first kappa shape index (κ1) is 26.8. The molecule has 0 saturated heterocycles. The highest BCUT2D eigenvalue weighted by molar-refractivity contribution is 5.51. The van der Waals surface area contributed by atoms with E-state index < -0.39 is 0 Å². The third-order valence-electron chi connectivity index (χ3n) is 6.11. The summed E-state index contributed by atoms with van der Waals surface area (Å²) in [6.45, 7) is 12.1. The Bertz CT molecular complexity index is 1230. The molecule has 0 radical (unpaired) electrons. The van der Waals surface area contributed by atoms with Gasteiger partial charge in [-0.05, 0) is 86.9 Å². The Kier molecular flexibility index (Phi) is 10.8. The number of unbranched alkanes of at least 4 members (excludes halogenated alkanes) is 5. The number of nitrogens with zero attached hydrogens (tertiary/aromatic N) is 4. The van der Waals surface area contributed by atoms with Crippen LogP contribution in [0.2, 0.25) is 0 Å². The van der Waals surface area contributed by atoms with Crippen molar-refractivity contribution >= 4 is 11.4 Å². The second-order valence-electron chi connectivity index (χ2n) is 9.21. The fourth-order valence-electron chi connectivity index (χ4n) is 3.78. The minimum atomic E-state index is 0.654. The number of hydrogen-bond donors (Lipinski definition) is 0. The first-order valence-corrected chi connectivity index (χ1v) is 12.7. The van der Waals surface area contributed by atoms with Gasteiger partial charge in [0.05, 0.1) is 17.6 Å². The van der Waals surface area contributed by atoms with Crippen LogP contribution in [0.15, 0.2) is 95.6 Å². The minimum absolute atomic E-state index is 0.654. The summed E-state index contributed by atoms with van der Waals surface area (Å²) in [5.74, 6) is 6.18. The van der Waals surface area contributed by atoms with E-state index in [0.29, 0.717) is 5.69 Å². The lowest BCUT2D eigenvalue weighted by molar-refractivity contribution is 0.594. The molecular formula is C32H36N4. The van der Waals surface area contributed by atoms with Crippen LogP contribution in [0.3, 0.4) is 0 Å². The summed E-state index contributed by atoms with van der Waals surface area (Å²) in [6.07, 6.45) is 14.7. The van der Waals surface area contributed by atoms with Crippen molar-refractivity contribution in [2.45, 2.75) is 65.2 Å². The number of aryl methyl sites for hydroxylation is 2. The fraction of sp³-hybridized carbons (Fsp3) is 0.312. The van der Waals surface area contributed by atoms with Gasteiger partial charge in [0.15, 0.2) is 0 Å². The SMILES string of the molecule is C=C(C)C(=C)CCCCCCCCc1ccc(N=Nc2ccc(C#Cc3cnccn3)c(C)c2)cc1. The number of azo groups is 1. The Labute approximate surface area is 216 Å². The molecule has 0 aliphatic rings. The summed E-state index contributed by atoms with van der Waals surface area (Å²) in [4.78, 5) is 8.21. The van der Waals surface area contributed by atoms with E-state index in [1.165, 1.54) is 49.7 Å². The number of aromatic nitrogens is 2. The molecule has 4 heteroatoms. The van der Waals surface area contributed by atoms with E-state index in [9.17, 15) is 0 Å². The second kappa shape index (κ2) is 14.5. The Morgan fingerprint density at radius 2 is 1.53 bits per heavy atom. The summed E-state index contributed by atoms with van der Waals surface area (Å²) in [5.41, 5.74) is 7.99. The van der Waals surface area contributed by atoms with Crippen molar-refractivity contribution in [1.29, 1.82) is 0 Å². The van der Waals surface area contributed by atoms with Crippen LogP contribution in [0.4, 0.5) is 11.4 Å². The Hall–Kier alpha value is -3.84. The number of benzene rings is 2. The van der Waals surface area contributed by atoms with E-state index in [2.05, 4.69) is 57.3 Å². The van der Waals surface area contributed by atoms with Gasteiger partial charge >= 0.3 is 0 Å². The van der Waals surface area contributed by atoms with Crippen molar-refractivity contribution in [3.8, 4) is 11.8 Å². The summed E-state index contributed by atoms with van der Waals surface area (Å²) in [6, 6.07) is 14.3. The summed E-state index contributed by atoms with van der Waals surface area (Å²) in [7, 11) is 0. The Balaban J connectivity index is 1.39. The van der Waals surface area contributed by atoms with Gasteiger partial charge < -0.3 is 0 Å². The van der Waals surface area contributed by atoms with Crippen molar-refractivity contribution in [2.75, 3.05) is 0 Å². The van der Waals surface area contributed by atoms with Crippen LogP contribution < -0.4 is 0 Å². The topological polar surface area (TPSA) is 50.5 Å². The number of hydrogen-bond acceptors (Lipinski definition) is 4. The van der Waals surface area contributed by atoms with Gasteiger partial charge in [-0.25, -0.2) is 4.98 Å². The lowest BCUT2D eigenvalue weighted by Gasteiger charge is -2.05. The van der Waals surface area contributed by atoms with Crippen molar-refractivity contribution in [2.24, 2.45) is 10.2 Å². The van der Waals surface area contributed by atoms with E-state index >= 15 is 0 Å². The number of allylic oxidation sites excluding steroid dienone is 2. The standard InChI is InChI=1S/C32H36N4/c1-25(2)26(3)11-9-7-5-6-8-10-12-28-13-17-30(18-14-28)35-36-31-19-15-29(27(4)23-31)16-20-32-24-33-21-22-34-32/h13-15,17-19,21-24H,1,3,5-12H2,2,4H3. The molecule has 3 rings (SSSR count). The van der Waals surface area contributed by atoms with E-state index in [1.54, 1.807) is 18.6 Å². The molecule has 0 fully saturated rings. The van der Waals surface area contributed by atoms with Crippen LogP contribution in [0, 0.1) is 18.8 Å². The summed E-state index contributed by atoms with van der Waals surface area (Å²) >= 11 is 0. The van der Waals surface area contributed by atoms with Gasteiger partial charge in [0.25, 0.3) is 0 Å². The van der Waals surface area contributed by atoms with Gasteiger partial charge in [-0.3, -0.25) is 4.98 Å². The fourth-order valence-corrected chi connectivity index (χ4v) is 3.78. The molecule has 0 aliphatic carbocycles. The molecule has 3 aromatic rings. The highest BCUT2D eigenvalue weighted by atomic mass is 15.1. The smallest absolute Gasteiger partial charge is 0.131 e. The maximum absolute atomic E-state index is 4.40. The van der Waals surface area contributed by atoms with E-state index in [-0.39, 0.29) is 0 Å². The van der Waals surface area contributed by atoms with Crippen LogP contribution in [0.1, 0.15) is 74.3 Å². The van der Waals surface area contributed by atoms with E-state index in [4.69, 9.17) is 0 Å². The van der Waals surface area contributed by atoms with Gasteiger partial charge in [0.1, 0.15) is 5.69 Å². The van der Waals surface area contributed by atoms with Crippen molar-refractivity contribution in [3.63, 3.8) is 0 Å². The van der Waals surface area contributed by atoms with Crippen LogP contribution >= 0.6 is 0 Å². The second-order valence-corrected chi connectivity index (χ2v) is 9.21. The van der Waals surface area contributed by atoms with Crippen LogP contribution in [0.5, 0.6) is 0 Å². The molecule has 0 bridgehead atoms. The molecule has 0 unspecified atom stereocenters. The predicted molar refractivity (Wildman–Crippen MR) is 150 cm³/mol. The first-order valence-electron chi connectivity index (χ1n) is 12.7. The molecule has 4 nitrogen and oxygen atoms in total. The molecule has 1 aromatic heterocycles. The van der Waals surface area contributed by atoms with Gasteiger partial charge in [-0.1, -0.05) is 68.0 Å². The van der Waals surface area contributed by atoms with Crippen molar-refractivity contribution in [3.05, 3.63) is 108 Å². The molecule has 1 heterocycles. The highest BCUT2D eigenvalue weighted by Gasteiger charge is 2.00. The molecule has 0 spiro atoms. The summed E-state index contributed by atoms with van der Waals surface area (Å²) in [5, 5.41) is 8.80. The Morgan fingerprint density at radius 1 is 0.833 bits per heavy atom. The van der Waals surface area contributed by atoms with Crippen molar-refractivity contribution in [1.82, 2.24) is 9.97 Å². The van der Waals surface area contributed by atoms with Gasteiger partial charge in [-0.15, -0.1) is 0 Å². The van der Waals surface area contributed by atoms with E-state index in [0.717, 1.165) is 40.9 Å². The molecule has 0 atom stereocenters. The van der Waals surface area contributed by atoms with Crippen LogP contribution in [-0.4, -0.2) is 9.97 Å². The first-order chi connectivity index (χ1) is 17.5. The normalized spacial score (nSPS) is 10.7. The molecule has 0 N–H and O–H groups in total. The largest absolute Gasteiger partial charge is 0.260 e. The third kappa shape index (κ3) is 9.43. The molecular weight excluding hydrogens is 440 g/mol. The minimum Gasteiger partial charge on any atom is -0.260 e. The molecule has 36 heavy (non-hydrogen) atoms. The van der Waals surface area contributed by atoms with E-state index in [1.807, 2.05) is 44.2 Å². The monoisotopic (exact) mass is 476 g/mol. The van der Waals surface area contributed by atoms with Crippen LogP contribution in [0.25, 0.3) is 0 Å². The average Bonchev–Trinajstić information content (AvgIpc) is 2.89. The zero-order valence-electron chi connectivity index (χ0n) is 21.6. The lowest BCUT2D eigenvalue weighted by atomic mass is 10.0. The Morgan fingerprint density at radius 3 is 2.22 bits per heavy atom. The molecule has 184 valence electrons. The van der Waals surface area contributed by atoms with Gasteiger partial charge in [0.2, 0.25) is 0 Å². The molecule has 2 aromatic carbocycles. The summed E-state index contributed by atoms with van der Waals surface area (Å²) < 4.78 is 0. The molecule has 0 saturated carbocycles. The lowest BCUT2D eigenvalue weighted by Crippen LogP contribution is -1.87. The zero-order valence-corrected chi connectivity index (χ0v) is 21.6. The molecule has 0 aliphatic heterocycles. The number of rotatable bonds is 12. The maximum atomic E-state index is 4.40. The third-order valence-corrected chi connectivity index (χ3v) is 6.11. The van der Waals surface area contributed by atoms with Gasteiger partial charge in [0, 0.05) is 18.0 Å². The highest BCUT2D eigenvalue weighted by Crippen LogP contribution is 2.22. The van der Waals surface area contributed by atoms with Crippen molar-refractivity contribution < 1.29 is 0 Å². The predicted octanol–water partition coefficient (Wildman–Crippen LogP) is 9.01. The quantitative estimate of drug-likeness (QED) is 0.113. The average molecular weight is 477 g/mol.